The van der Waals surface area contributed by atoms with Gasteiger partial charge >= 0.3 is 0 Å². The minimum absolute atomic E-state index is 0.138. The largest absolute Gasteiger partial charge is 0.299 e. The third-order valence-corrected chi connectivity index (χ3v) is 2.37. The van der Waals surface area contributed by atoms with Gasteiger partial charge in [0.05, 0.1) is 0 Å². The lowest BCUT2D eigenvalue weighted by Gasteiger charge is -2.05. The zero-order valence-corrected chi connectivity index (χ0v) is 9.08. The Kier molecular flexibility index (Phi) is 3.81. The van der Waals surface area contributed by atoms with Crippen LogP contribution in [-0.2, 0) is 11.2 Å². The van der Waals surface area contributed by atoms with Crippen molar-refractivity contribution in [3.63, 3.8) is 0 Å². The van der Waals surface area contributed by atoms with Gasteiger partial charge in [0.25, 0.3) is 0 Å². The van der Waals surface area contributed by atoms with Gasteiger partial charge in [-0.2, -0.15) is 0 Å². The predicted octanol–water partition coefficient (Wildman–Crippen LogP) is 2.55. The summed E-state index contributed by atoms with van der Waals surface area (Å²) in [5, 5.41) is 0. The minimum atomic E-state index is 0.138. The van der Waals surface area contributed by atoms with E-state index in [2.05, 4.69) is 4.98 Å². The molecular formula is C12H17NO. The molecule has 2 nitrogen and oxygen atoms in total. The second-order valence-corrected chi connectivity index (χ2v) is 3.89. The Labute approximate surface area is 85.4 Å². The van der Waals surface area contributed by atoms with Gasteiger partial charge in [-0.05, 0) is 25.0 Å². The van der Waals surface area contributed by atoms with Gasteiger partial charge in [-0.3, -0.25) is 9.78 Å². The summed E-state index contributed by atoms with van der Waals surface area (Å²) in [6.07, 6.45) is 3.15. The van der Waals surface area contributed by atoms with Crippen molar-refractivity contribution in [3.8, 4) is 0 Å². The van der Waals surface area contributed by atoms with Crippen LogP contribution in [0, 0.1) is 12.8 Å². The molecule has 1 aromatic heterocycles. The molecule has 1 rings (SSSR count). The number of hydrogen-bond donors (Lipinski definition) is 0. The van der Waals surface area contributed by atoms with Crippen molar-refractivity contribution >= 4 is 5.78 Å². The molecule has 0 spiro atoms. The Balaban J connectivity index is 2.54. The highest BCUT2D eigenvalue weighted by molar-refractivity contribution is 5.80. The third-order valence-electron chi connectivity index (χ3n) is 2.37. The standard InChI is InChI=1S/C12H17NO/c1-9(2)12(14)7-6-11-10(3)5-4-8-13-11/h4-5,8-9H,6-7H2,1-3H3. The molecule has 0 aliphatic carbocycles. The van der Waals surface area contributed by atoms with Gasteiger partial charge in [-0.25, -0.2) is 0 Å². The molecule has 0 N–H and O–H groups in total. The van der Waals surface area contributed by atoms with Crippen molar-refractivity contribution in [3.05, 3.63) is 29.6 Å². The number of Topliss-reactive ketones (excluding diaryl/α,β-unsaturated/α-hetero) is 1. The maximum absolute atomic E-state index is 11.4. The van der Waals surface area contributed by atoms with Crippen LogP contribution in [0.5, 0.6) is 0 Å². The lowest BCUT2D eigenvalue weighted by Crippen LogP contribution is -2.08. The molecule has 0 saturated carbocycles. The average Bonchev–Trinajstić information content (AvgIpc) is 2.16. The highest BCUT2D eigenvalue weighted by Crippen LogP contribution is 2.08. The number of carbonyl (C=O) groups excluding carboxylic acids is 1. The number of pyridine rings is 1. The Morgan fingerprint density at radius 3 is 2.79 bits per heavy atom. The van der Waals surface area contributed by atoms with E-state index in [1.165, 1.54) is 5.56 Å². The highest BCUT2D eigenvalue weighted by atomic mass is 16.1. The molecule has 0 aliphatic heterocycles. The fourth-order valence-electron chi connectivity index (χ4n) is 1.31. The first-order valence-corrected chi connectivity index (χ1v) is 5.04. The monoisotopic (exact) mass is 191 g/mol. The maximum atomic E-state index is 11.4. The van der Waals surface area contributed by atoms with Gasteiger partial charge in [-0.15, -0.1) is 0 Å². The molecule has 0 saturated heterocycles. The first-order valence-electron chi connectivity index (χ1n) is 5.04. The first-order chi connectivity index (χ1) is 6.61. The average molecular weight is 191 g/mol. The number of carbonyl (C=O) groups is 1. The molecule has 0 amide bonds. The van der Waals surface area contributed by atoms with E-state index in [-0.39, 0.29) is 5.92 Å². The van der Waals surface area contributed by atoms with Crippen LogP contribution in [0.4, 0.5) is 0 Å². The molecule has 1 aromatic rings. The number of ketones is 1. The van der Waals surface area contributed by atoms with E-state index < -0.39 is 0 Å². The molecule has 0 unspecified atom stereocenters. The Hall–Kier alpha value is -1.18. The van der Waals surface area contributed by atoms with E-state index in [9.17, 15) is 4.79 Å². The third kappa shape index (κ3) is 2.95. The predicted molar refractivity (Wildman–Crippen MR) is 57.1 cm³/mol. The molecule has 0 radical (unpaired) electrons. The normalized spacial score (nSPS) is 10.6. The zero-order chi connectivity index (χ0) is 10.6. The molecule has 14 heavy (non-hydrogen) atoms. The van der Waals surface area contributed by atoms with Gasteiger partial charge in [0, 0.05) is 24.2 Å². The highest BCUT2D eigenvalue weighted by Gasteiger charge is 2.08. The quantitative estimate of drug-likeness (QED) is 0.732. The van der Waals surface area contributed by atoms with Crippen molar-refractivity contribution in [2.24, 2.45) is 5.92 Å². The second-order valence-electron chi connectivity index (χ2n) is 3.89. The van der Waals surface area contributed by atoms with E-state index in [0.29, 0.717) is 12.2 Å². The fourth-order valence-corrected chi connectivity index (χ4v) is 1.31. The summed E-state index contributed by atoms with van der Waals surface area (Å²) in [4.78, 5) is 15.7. The maximum Gasteiger partial charge on any atom is 0.135 e. The Morgan fingerprint density at radius 2 is 2.21 bits per heavy atom. The van der Waals surface area contributed by atoms with Gasteiger partial charge < -0.3 is 0 Å². The lowest BCUT2D eigenvalue weighted by atomic mass is 10.0. The van der Waals surface area contributed by atoms with E-state index >= 15 is 0 Å². The van der Waals surface area contributed by atoms with Gasteiger partial charge in [-0.1, -0.05) is 19.9 Å². The second kappa shape index (κ2) is 4.89. The summed E-state index contributed by atoms with van der Waals surface area (Å²) < 4.78 is 0. The van der Waals surface area contributed by atoms with Crippen molar-refractivity contribution in [1.29, 1.82) is 0 Å². The first kappa shape index (κ1) is 10.9. The Bertz CT molecular complexity index is 318. The molecule has 0 aromatic carbocycles. The van der Waals surface area contributed by atoms with Crippen molar-refractivity contribution in [2.45, 2.75) is 33.6 Å². The van der Waals surface area contributed by atoms with Crippen LogP contribution >= 0.6 is 0 Å². The van der Waals surface area contributed by atoms with E-state index in [4.69, 9.17) is 0 Å². The summed E-state index contributed by atoms with van der Waals surface area (Å²) >= 11 is 0. The summed E-state index contributed by atoms with van der Waals surface area (Å²) in [5.41, 5.74) is 2.21. The molecule has 0 aliphatic rings. The van der Waals surface area contributed by atoms with Crippen LogP contribution in [0.2, 0.25) is 0 Å². The molecule has 0 atom stereocenters. The van der Waals surface area contributed by atoms with E-state index in [1.807, 2.05) is 32.9 Å². The number of aryl methyl sites for hydroxylation is 2. The van der Waals surface area contributed by atoms with Crippen molar-refractivity contribution in [1.82, 2.24) is 4.98 Å². The molecule has 0 bridgehead atoms. The summed E-state index contributed by atoms with van der Waals surface area (Å²) in [7, 11) is 0. The van der Waals surface area contributed by atoms with Crippen molar-refractivity contribution in [2.75, 3.05) is 0 Å². The summed E-state index contributed by atoms with van der Waals surface area (Å²) in [6.45, 7) is 5.91. The summed E-state index contributed by atoms with van der Waals surface area (Å²) in [6, 6.07) is 3.95. The van der Waals surface area contributed by atoms with Crippen LogP contribution in [0.3, 0.4) is 0 Å². The minimum Gasteiger partial charge on any atom is -0.299 e. The number of nitrogens with zero attached hydrogens (tertiary/aromatic N) is 1. The topological polar surface area (TPSA) is 30.0 Å². The molecule has 76 valence electrons. The van der Waals surface area contributed by atoms with Crippen molar-refractivity contribution < 1.29 is 4.79 Å². The molecule has 2 heteroatoms. The molecular weight excluding hydrogens is 174 g/mol. The van der Waals surface area contributed by atoms with Crippen LogP contribution in [0.1, 0.15) is 31.5 Å². The van der Waals surface area contributed by atoms with Crippen LogP contribution in [0.25, 0.3) is 0 Å². The van der Waals surface area contributed by atoms with Crippen LogP contribution in [-0.4, -0.2) is 10.8 Å². The van der Waals surface area contributed by atoms with E-state index in [1.54, 1.807) is 6.20 Å². The van der Waals surface area contributed by atoms with E-state index in [0.717, 1.165) is 12.1 Å². The number of aromatic nitrogens is 1. The van der Waals surface area contributed by atoms with Gasteiger partial charge in [0.2, 0.25) is 0 Å². The smallest absolute Gasteiger partial charge is 0.135 e. The summed E-state index contributed by atoms with van der Waals surface area (Å²) in [5.74, 6) is 0.453. The molecule has 1 heterocycles. The SMILES string of the molecule is Cc1cccnc1CCC(=O)C(C)C. The number of hydrogen-bond acceptors (Lipinski definition) is 2. The molecule has 0 fully saturated rings. The number of rotatable bonds is 4. The van der Waals surface area contributed by atoms with Gasteiger partial charge in [0.1, 0.15) is 5.78 Å². The van der Waals surface area contributed by atoms with Crippen LogP contribution < -0.4 is 0 Å². The lowest BCUT2D eigenvalue weighted by molar-refractivity contribution is -0.121. The zero-order valence-electron chi connectivity index (χ0n) is 9.08. The van der Waals surface area contributed by atoms with Crippen LogP contribution in [0.15, 0.2) is 18.3 Å². The Morgan fingerprint density at radius 1 is 1.50 bits per heavy atom. The van der Waals surface area contributed by atoms with Gasteiger partial charge in [0.15, 0.2) is 0 Å². The fraction of sp³-hybridized carbons (Fsp3) is 0.500.